The third-order valence-electron chi connectivity index (χ3n) is 1.96. The molecule has 2 unspecified atom stereocenters. The molecule has 1 aliphatic carbocycles. The molecule has 1 heteroatoms. The molecule has 0 aromatic heterocycles. The van der Waals surface area contributed by atoms with Gasteiger partial charge < -0.3 is 5.11 Å². The Morgan fingerprint density at radius 2 is 1.18 bits per heavy atom. The summed E-state index contributed by atoms with van der Waals surface area (Å²) in [5, 5.41) is 7.00. The molecule has 0 aromatic carbocycles. The highest BCUT2D eigenvalue weighted by Gasteiger charge is 2.15. The van der Waals surface area contributed by atoms with Crippen LogP contribution in [0.15, 0.2) is 0 Å². The summed E-state index contributed by atoms with van der Waals surface area (Å²) < 4.78 is 0. The minimum atomic E-state index is 1.00. The van der Waals surface area contributed by atoms with Crippen molar-refractivity contribution < 1.29 is 5.11 Å². The Morgan fingerprint density at radius 3 is 1.27 bits per heavy atom. The van der Waals surface area contributed by atoms with Crippen LogP contribution in [0.5, 0.6) is 0 Å². The summed E-state index contributed by atoms with van der Waals surface area (Å²) in [6, 6.07) is 0. The molecule has 1 rings (SSSR count). The molecule has 1 saturated carbocycles. The summed E-state index contributed by atoms with van der Waals surface area (Å²) in [5.74, 6) is 2.05. The molecular weight excluding hydrogens is 136 g/mol. The number of aliphatic hydroxyl groups excluding tert-OH is 1. The average Bonchev–Trinajstić information content (AvgIpc) is 2.43. The number of rotatable bonds is 0. The van der Waals surface area contributed by atoms with Gasteiger partial charge in [-0.2, -0.15) is 0 Å². The van der Waals surface area contributed by atoms with Gasteiger partial charge in [0.05, 0.1) is 0 Å². The summed E-state index contributed by atoms with van der Waals surface area (Å²) >= 11 is 0. The molecule has 0 aliphatic heterocycles. The summed E-state index contributed by atoms with van der Waals surface area (Å²) in [5.41, 5.74) is 0. The van der Waals surface area contributed by atoms with Gasteiger partial charge >= 0.3 is 0 Å². The quantitative estimate of drug-likeness (QED) is 0.577. The standard InChI is InChI=1S/C7H14.C2H6.CH4O/c1-6-3-4-7(2)5-6;2*1-2/h6-7H,3-5H2,1-2H3;1-2H3;2H,1H3. The Bertz CT molecular complexity index is 53.9. The van der Waals surface area contributed by atoms with Crippen LogP contribution in [0.4, 0.5) is 0 Å². The van der Waals surface area contributed by atoms with Crippen molar-refractivity contribution in [3.8, 4) is 0 Å². The Balaban J connectivity index is 0. The first-order valence-electron chi connectivity index (χ1n) is 4.73. The molecule has 1 aliphatic rings. The van der Waals surface area contributed by atoms with Gasteiger partial charge in [-0.15, -0.1) is 0 Å². The molecule has 1 fully saturated rings. The van der Waals surface area contributed by atoms with Crippen molar-refractivity contribution in [3.63, 3.8) is 0 Å². The summed E-state index contributed by atoms with van der Waals surface area (Å²) in [7, 11) is 1.00. The lowest BCUT2D eigenvalue weighted by molar-refractivity contribution is 0.399. The van der Waals surface area contributed by atoms with Crippen molar-refractivity contribution in [2.75, 3.05) is 7.11 Å². The van der Waals surface area contributed by atoms with E-state index in [1.807, 2.05) is 13.8 Å². The first-order valence-corrected chi connectivity index (χ1v) is 4.73. The number of hydrogen-bond acceptors (Lipinski definition) is 1. The van der Waals surface area contributed by atoms with Crippen LogP contribution in [0.1, 0.15) is 47.0 Å². The third kappa shape index (κ3) is 7.86. The normalized spacial score (nSPS) is 27.8. The van der Waals surface area contributed by atoms with E-state index < -0.39 is 0 Å². The molecule has 70 valence electrons. The van der Waals surface area contributed by atoms with E-state index in [1.54, 1.807) is 0 Å². The first kappa shape index (κ1) is 13.5. The van der Waals surface area contributed by atoms with Crippen molar-refractivity contribution in [2.45, 2.75) is 47.0 Å². The minimum Gasteiger partial charge on any atom is -0.400 e. The van der Waals surface area contributed by atoms with Crippen molar-refractivity contribution in [1.82, 2.24) is 0 Å². The van der Waals surface area contributed by atoms with E-state index in [0.717, 1.165) is 18.9 Å². The molecule has 0 amide bonds. The van der Waals surface area contributed by atoms with Gasteiger partial charge in [-0.3, -0.25) is 0 Å². The highest BCUT2D eigenvalue weighted by atomic mass is 16.2. The lowest BCUT2D eigenvalue weighted by Crippen LogP contribution is -1.84. The maximum absolute atomic E-state index is 7.00. The van der Waals surface area contributed by atoms with Gasteiger partial charge in [0, 0.05) is 7.11 Å². The zero-order valence-corrected chi connectivity index (χ0v) is 8.72. The SMILES string of the molecule is CC.CC1CCC(C)C1.CO. The largest absolute Gasteiger partial charge is 0.400 e. The lowest BCUT2D eigenvalue weighted by Gasteiger charge is -1.96. The number of hydrogen-bond donors (Lipinski definition) is 1. The van der Waals surface area contributed by atoms with Gasteiger partial charge in [-0.05, 0) is 18.3 Å². The van der Waals surface area contributed by atoms with Crippen molar-refractivity contribution in [1.29, 1.82) is 0 Å². The first-order chi connectivity index (χ1) is 5.29. The third-order valence-corrected chi connectivity index (χ3v) is 1.96. The second-order valence-electron chi connectivity index (χ2n) is 3.02. The van der Waals surface area contributed by atoms with Gasteiger partial charge in [-0.25, -0.2) is 0 Å². The van der Waals surface area contributed by atoms with E-state index >= 15 is 0 Å². The number of aliphatic hydroxyl groups is 1. The molecule has 0 radical (unpaired) electrons. The topological polar surface area (TPSA) is 20.2 Å². The molecule has 1 nitrogen and oxygen atoms in total. The summed E-state index contributed by atoms with van der Waals surface area (Å²) in [6.45, 7) is 8.70. The van der Waals surface area contributed by atoms with Crippen LogP contribution < -0.4 is 0 Å². The van der Waals surface area contributed by atoms with E-state index in [9.17, 15) is 0 Å². The fourth-order valence-electron chi connectivity index (χ4n) is 1.49. The van der Waals surface area contributed by atoms with Crippen LogP contribution in [-0.4, -0.2) is 12.2 Å². The van der Waals surface area contributed by atoms with Crippen molar-refractivity contribution in [3.05, 3.63) is 0 Å². The van der Waals surface area contributed by atoms with Gasteiger partial charge in [-0.1, -0.05) is 40.5 Å². The second-order valence-corrected chi connectivity index (χ2v) is 3.02. The van der Waals surface area contributed by atoms with E-state index in [4.69, 9.17) is 5.11 Å². The fraction of sp³-hybridized carbons (Fsp3) is 1.00. The van der Waals surface area contributed by atoms with E-state index in [1.165, 1.54) is 19.3 Å². The Kier molecular flexibility index (Phi) is 12.3. The zero-order chi connectivity index (χ0) is 9.28. The monoisotopic (exact) mass is 160 g/mol. The van der Waals surface area contributed by atoms with E-state index in [-0.39, 0.29) is 0 Å². The molecule has 0 spiro atoms. The molecule has 2 atom stereocenters. The Hall–Kier alpha value is -0.0400. The van der Waals surface area contributed by atoms with Gasteiger partial charge in [0.2, 0.25) is 0 Å². The maximum atomic E-state index is 7.00. The van der Waals surface area contributed by atoms with Crippen LogP contribution in [-0.2, 0) is 0 Å². The smallest absolute Gasteiger partial charge is 0.0319 e. The Labute approximate surface area is 71.8 Å². The lowest BCUT2D eigenvalue weighted by atomic mass is 10.1. The molecular formula is C10H24O. The average molecular weight is 160 g/mol. The minimum absolute atomic E-state index is 1.00. The summed E-state index contributed by atoms with van der Waals surface area (Å²) in [4.78, 5) is 0. The van der Waals surface area contributed by atoms with E-state index in [0.29, 0.717) is 0 Å². The molecule has 0 saturated heterocycles. The Morgan fingerprint density at radius 1 is 0.909 bits per heavy atom. The highest BCUT2D eigenvalue weighted by Crippen LogP contribution is 2.29. The molecule has 1 N–H and O–H groups in total. The molecule has 0 heterocycles. The fourth-order valence-corrected chi connectivity index (χ4v) is 1.49. The molecule has 11 heavy (non-hydrogen) atoms. The van der Waals surface area contributed by atoms with Crippen LogP contribution in [0, 0.1) is 11.8 Å². The van der Waals surface area contributed by atoms with Gasteiger partial charge in [0.15, 0.2) is 0 Å². The predicted octanol–water partition coefficient (Wildman–Crippen LogP) is 3.08. The van der Waals surface area contributed by atoms with E-state index in [2.05, 4.69) is 13.8 Å². The maximum Gasteiger partial charge on any atom is 0.0319 e. The second kappa shape index (κ2) is 9.96. The molecule has 0 bridgehead atoms. The van der Waals surface area contributed by atoms with Crippen molar-refractivity contribution in [2.24, 2.45) is 11.8 Å². The predicted molar refractivity (Wildman–Crippen MR) is 51.7 cm³/mol. The van der Waals surface area contributed by atoms with Crippen LogP contribution in [0.25, 0.3) is 0 Å². The van der Waals surface area contributed by atoms with Gasteiger partial charge in [0.1, 0.15) is 0 Å². The van der Waals surface area contributed by atoms with Crippen LogP contribution >= 0.6 is 0 Å². The van der Waals surface area contributed by atoms with Crippen LogP contribution in [0.2, 0.25) is 0 Å². The summed E-state index contributed by atoms with van der Waals surface area (Å²) in [6.07, 6.45) is 4.42. The van der Waals surface area contributed by atoms with Crippen molar-refractivity contribution >= 4 is 0 Å². The zero-order valence-electron chi connectivity index (χ0n) is 8.72. The van der Waals surface area contributed by atoms with Gasteiger partial charge in [0.25, 0.3) is 0 Å². The highest BCUT2D eigenvalue weighted by molar-refractivity contribution is 4.68. The van der Waals surface area contributed by atoms with Crippen LogP contribution in [0.3, 0.4) is 0 Å². The molecule has 0 aromatic rings.